The first-order valence-corrected chi connectivity index (χ1v) is 14.9. The van der Waals surface area contributed by atoms with Crippen molar-refractivity contribution in [2.24, 2.45) is 5.92 Å². The van der Waals surface area contributed by atoms with Crippen molar-refractivity contribution in [3.8, 4) is 11.5 Å². The van der Waals surface area contributed by atoms with Gasteiger partial charge in [0.05, 0.1) is 6.61 Å². The summed E-state index contributed by atoms with van der Waals surface area (Å²) in [5, 5.41) is 1.07. The Morgan fingerprint density at radius 3 is 2.43 bits per heavy atom. The van der Waals surface area contributed by atoms with Crippen molar-refractivity contribution in [2.75, 3.05) is 11.9 Å². The third-order valence-corrected chi connectivity index (χ3v) is 8.19. The highest BCUT2D eigenvalue weighted by atomic mass is 79.9. The molecule has 0 heterocycles. The molecule has 0 amide bonds. The monoisotopic (exact) mass is 556 g/mol. The second-order valence-corrected chi connectivity index (χ2v) is 10.9. The summed E-state index contributed by atoms with van der Waals surface area (Å²) in [7, 11) is 0. The quantitative estimate of drug-likeness (QED) is 0.173. The summed E-state index contributed by atoms with van der Waals surface area (Å²) in [6.45, 7) is 1.38. The number of hydrogen-bond donors (Lipinski definition) is 0. The molecule has 5 rings (SSSR count). The number of unbranched alkanes of at least 4 members (excludes halogenated alkanes) is 2. The maximum absolute atomic E-state index is 6.18. The summed E-state index contributed by atoms with van der Waals surface area (Å²) < 4.78 is 12.2. The van der Waals surface area contributed by atoms with E-state index >= 15 is 0 Å². The van der Waals surface area contributed by atoms with Crippen LogP contribution in [-0.2, 0) is 13.0 Å². The first-order valence-electron chi connectivity index (χ1n) is 13.8. The topological polar surface area (TPSA) is 18.5 Å². The summed E-state index contributed by atoms with van der Waals surface area (Å²) in [4.78, 5) is 0. The van der Waals surface area contributed by atoms with Gasteiger partial charge in [0.1, 0.15) is 18.1 Å². The van der Waals surface area contributed by atoms with Gasteiger partial charge in [-0.15, -0.1) is 0 Å². The molecule has 0 aromatic heterocycles. The lowest BCUT2D eigenvalue weighted by Gasteiger charge is -2.36. The molecule has 192 valence electrons. The third-order valence-electron chi connectivity index (χ3n) is 7.63. The van der Waals surface area contributed by atoms with Crippen LogP contribution in [0.25, 0.3) is 0 Å². The molecule has 2 aliphatic carbocycles. The summed E-state index contributed by atoms with van der Waals surface area (Å²) in [5.74, 6) is 2.82. The average molecular weight is 558 g/mol. The number of fused-ring (bicyclic) bond motifs is 1. The Morgan fingerprint density at radius 2 is 1.65 bits per heavy atom. The first-order chi connectivity index (χ1) is 18.3. The van der Waals surface area contributed by atoms with Crippen molar-refractivity contribution in [3.05, 3.63) is 119 Å². The van der Waals surface area contributed by atoms with Gasteiger partial charge < -0.3 is 9.47 Å². The van der Waals surface area contributed by atoms with Crippen LogP contribution in [0.3, 0.4) is 0 Å². The number of rotatable bonds is 11. The van der Waals surface area contributed by atoms with Gasteiger partial charge in [-0.1, -0.05) is 88.3 Å². The van der Waals surface area contributed by atoms with Gasteiger partial charge in [-0.25, -0.2) is 0 Å². The lowest BCUT2D eigenvalue weighted by atomic mass is 9.68. The minimum Gasteiger partial charge on any atom is -0.494 e. The number of hydrogen-bond acceptors (Lipinski definition) is 2. The van der Waals surface area contributed by atoms with Crippen molar-refractivity contribution >= 4 is 15.9 Å². The maximum Gasteiger partial charge on any atom is 0.120 e. The van der Waals surface area contributed by atoms with E-state index in [1.54, 1.807) is 5.57 Å². The fourth-order valence-corrected chi connectivity index (χ4v) is 6.10. The van der Waals surface area contributed by atoms with Crippen LogP contribution in [0.2, 0.25) is 0 Å². The maximum atomic E-state index is 6.18. The standard InChI is InChI=1S/C34H37BrO2/c35-22-8-3-9-23-36-30-17-14-28(15-18-30)34-32(27-12-6-2-7-13-27)20-16-29-24-31(19-21-33(29)34)37-25-26-10-4-1-5-11-26/h1-2,4-6,10-12,14-15,17-19,21,24,32,34H,3,7-9,13,16,20,22-23,25H2/t32-,34+/m1/s1. The number of benzene rings is 3. The zero-order valence-corrected chi connectivity index (χ0v) is 23.2. The Labute approximate surface area is 230 Å². The molecule has 0 saturated heterocycles. The Bertz CT molecular complexity index is 1200. The molecule has 0 bridgehead atoms. The van der Waals surface area contributed by atoms with E-state index in [4.69, 9.17) is 9.47 Å². The Hall–Kier alpha value is -2.78. The smallest absolute Gasteiger partial charge is 0.120 e. The predicted molar refractivity (Wildman–Crippen MR) is 157 cm³/mol. The van der Waals surface area contributed by atoms with E-state index in [2.05, 4.69) is 101 Å². The number of allylic oxidation sites excluding steroid dienone is 4. The van der Waals surface area contributed by atoms with Gasteiger partial charge in [-0.3, -0.25) is 0 Å². The van der Waals surface area contributed by atoms with Gasteiger partial charge in [0.2, 0.25) is 0 Å². The molecule has 0 saturated carbocycles. The van der Waals surface area contributed by atoms with Crippen molar-refractivity contribution in [1.82, 2.24) is 0 Å². The van der Waals surface area contributed by atoms with Crippen LogP contribution in [0.1, 0.15) is 66.7 Å². The van der Waals surface area contributed by atoms with Crippen molar-refractivity contribution in [1.29, 1.82) is 0 Å². The van der Waals surface area contributed by atoms with Crippen LogP contribution in [0.5, 0.6) is 11.5 Å². The van der Waals surface area contributed by atoms with Gasteiger partial charge in [0.25, 0.3) is 0 Å². The van der Waals surface area contributed by atoms with E-state index in [0.717, 1.165) is 42.7 Å². The van der Waals surface area contributed by atoms with E-state index in [9.17, 15) is 0 Å². The number of halogens is 1. The van der Waals surface area contributed by atoms with Crippen LogP contribution in [-0.4, -0.2) is 11.9 Å². The minimum absolute atomic E-state index is 0.359. The highest BCUT2D eigenvalue weighted by Gasteiger charge is 2.33. The number of ether oxygens (including phenoxy) is 2. The highest BCUT2D eigenvalue weighted by Crippen LogP contribution is 2.46. The van der Waals surface area contributed by atoms with Crippen LogP contribution in [0, 0.1) is 5.92 Å². The van der Waals surface area contributed by atoms with Crippen molar-refractivity contribution in [3.63, 3.8) is 0 Å². The molecule has 3 heteroatoms. The fraction of sp³-hybridized carbons (Fsp3) is 0.353. The van der Waals surface area contributed by atoms with Gasteiger partial charge in [0, 0.05) is 11.2 Å². The molecule has 2 aliphatic rings. The Balaban J connectivity index is 1.36. The van der Waals surface area contributed by atoms with Crippen LogP contribution in [0.15, 0.2) is 96.6 Å². The molecule has 2 nitrogen and oxygen atoms in total. The molecule has 3 aromatic carbocycles. The zero-order chi connectivity index (χ0) is 25.3. The average Bonchev–Trinajstić information content (AvgIpc) is 2.96. The number of alkyl halides is 1. The fourth-order valence-electron chi connectivity index (χ4n) is 5.70. The lowest BCUT2D eigenvalue weighted by Crippen LogP contribution is -2.24. The second kappa shape index (κ2) is 13.1. The third kappa shape index (κ3) is 6.76. The minimum atomic E-state index is 0.359. The molecule has 37 heavy (non-hydrogen) atoms. The second-order valence-electron chi connectivity index (χ2n) is 10.1. The van der Waals surface area contributed by atoms with E-state index in [-0.39, 0.29) is 0 Å². The summed E-state index contributed by atoms with van der Waals surface area (Å²) in [5.41, 5.74) is 7.04. The molecule has 2 atom stereocenters. The zero-order valence-electron chi connectivity index (χ0n) is 21.6. The molecule has 0 spiro atoms. The van der Waals surface area contributed by atoms with Crippen molar-refractivity contribution in [2.45, 2.75) is 57.5 Å². The molecule has 0 fully saturated rings. The normalized spacial score (nSPS) is 18.7. The van der Waals surface area contributed by atoms with Gasteiger partial charge >= 0.3 is 0 Å². The van der Waals surface area contributed by atoms with E-state index in [1.807, 2.05) is 6.07 Å². The molecule has 0 aliphatic heterocycles. The SMILES string of the molecule is BrCCCCCOc1ccc([C@@H]2c3ccc(OCc4ccccc4)cc3CC[C@@H]2C2=CC=CCC2)cc1. The first kappa shape index (κ1) is 25.9. The summed E-state index contributed by atoms with van der Waals surface area (Å²) in [6, 6.07) is 26.1. The molecular weight excluding hydrogens is 520 g/mol. The Kier molecular flexibility index (Phi) is 9.18. The van der Waals surface area contributed by atoms with Gasteiger partial charge in [0.15, 0.2) is 0 Å². The molecule has 0 N–H and O–H groups in total. The molecule has 0 unspecified atom stereocenters. The van der Waals surface area contributed by atoms with Gasteiger partial charge in [-0.2, -0.15) is 0 Å². The molecule has 0 radical (unpaired) electrons. The largest absolute Gasteiger partial charge is 0.494 e. The summed E-state index contributed by atoms with van der Waals surface area (Å²) >= 11 is 3.50. The highest BCUT2D eigenvalue weighted by molar-refractivity contribution is 9.09. The summed E-state index contributed by atoms with van der Waals surface area (Å²) in [6.07, 6.45) is 15.0. The number of aryl methyl sites for hydroxylation is 1. The van der Waals surface area contributed by atoms with E-state index in [0.29, 0.717) is 18.4 Å². The predicted octanol–water partition coefficient (Wildman–Crippen LogP) is 9.18. The Morgan fingerprint density at radius 1 is 0.811 bits per heavy atom. The molecule has 3 aromatic rings. The van der Waals surface area contributed by atoms with Gasteiger partial charge in [-0.05, 0) is 97.4 Å². The van der Waals surface area contributed by atoms with Crippen LogP contribution in [0.4, 0.5) is 0 Å². The lowest BCUT2D eigenvalue weighted by molar-refractivity contribution is 0.305. The van der Waals surface area contributed by atoms with E-state index < -0.39 is 0 Å². The van der Waals surface area contributed by atoms with Crippen LogP contribution < -0.4 is 9.47 Å². The van der Waals surface area contributed by atoms with Crippen molar-refractivity contribution < 1.29 is 9.47 Å². The molecular formula is C34H37BrO2. The van der Waals surface area contributed by atoms with Crippen LogP contribution >= 0.6 is 15.9 Å². The van der Waals surface area contributed by atoms with E-state index in [1.165, 1.54) is 47.9 Å².